The molecule has 0 bridgehead atoms. The van der Waals surface area contributed by atoms with Gasteiger partial charge in [0.1, 0.15) is 5.75 Å². The van der Waals surface area contributed by atoms with Crippen molar-refractivity contribution in [1.82, 2.24) is 0 Å². The van der Waals surface area contributed by atoms with Crippen LogP contribution in [-0.4, -0.2) is 6.10 Å². The molecule has 1 unspecified atom stereocenters. The lowest BCUT2D eigenvalue weighted by atomic mass is 9.98. The van der Waals surface area contributed by atoms with Crippen LogP contribution in [0.25, 0.3) is 0 Å². The summed E-state index contributed by atoms with van der Waals surface area (Å²) in [5, 5.41) is 0.736. The number of halogens is 1. The van der Waals surface area contributed by atoms with Crippen molar-refractivity contribution in [2.75, 3.05) is 0 Å². The van der Waals surface area contributed by atoms with Crippen LogP contribution in [0.4, 0.5) is 0 Å². The summed E-state index contributed by atoms with van der Waals surface area (Å²) >= 11 is 6.18. The minimum Gasteiger partial charge on any atom is -0.491 e. The summed E-state index contributed by atoms with van der Waals surface area (Å²) in [4.78, 5) is 0. The minimum atomic E-state index is -0.247. The zero-order valence-corrected chi connectivity index (χ0v) is 12.8. The largest absolute Gasteiger partial charge is 0.491 e. The standard InChI is InChI=1S/C17H20ClNO/c1-11(2)20-16-7-5-4-6-14(16)17(19)13-9-8-12(3)15(18)10-13/h4-11,17H,19H2,1-3H3. The zero-order valence-electron chi connectivity index (χ0n) is 12.1. The molecule has 1 atom stereocenters. The van der Waals surface area contributed by atoms with Gasteiger partial charge in [-0.1, -0.05) is 41.9 Å². The molecule has 0 saturated heterocycles. The average molecular weight is 290 g/mol. The van der Waals surface area contributed by atoms with Gasteiger partial charge < -0.3 is 10.5 Å². The van der Waals surface area contributed by atoms with E-state index >= 15 is 0 Å². The lowest BCUT2D eigenvalue weighted by molar-refractivity contribution is 0.239. The van der Waals surface area contributed by atoms with Crippen LogP contribution in [0.2, 0.25) is 5.02 Å². The zero-order chi connectivity index (χ0) is 14.7. The molecule has 0 spiro atoms. The molecule has 106 valence electrons. The second-order valence-corrected chi connectivity index (χ2v) is 5.60. The molecule has 0 aliphatic carbocycles. The number of rotatable bonds is 4. The maximum absolute atomic E-state index is 6.37. The first-order valence-corrected chi connectivity index (χ1v) is 7.14. The Morgan fingerprint density at radius 3 is 2.45 bits per heavy atom. The van der Waals surface area contributed by atoms with Gasteiger partial charge in [0.15, 0.2) is 0 Å². The quantitative estimate of drug-likeness (QED) is 0.900. The summed E-state index contributed by atoms with van der Waals surface area (Å²) in [6.45, 7) is 5.99. The number of hydrogen-bond acceptors (Lipinski definition) is 2. The Hall–Kier alpha value is -1.51. The van der Waals surface area contributed by atoms with E-state index in [2.05, 4.69) is 0 Å². The van der Waals surface area contributed by atoms with Crippen LogP contribution in [0.15, 0.2) is 42.5 Å². The van der Waals surface area contributed by atoms with Crippen molar-refractivity contribution in [1.29, 1.82) is 0 Å². The van der Waals surface area contributed by atoms with E-state index in [0.29, 0.717) is 0 Å². The number of benzene rings is 2. The molecule has 20 heavy (non-hydrogen) atoms. The molecule has 2 nitrogen and oxygen atoms in total. The molecule has 0 aromatic heterocycles. The smallest absolute Gasteiger partial charge is 0.124 e. The molecule has 0 heterocycles. The Labute approximate surface area is 125 Å². The molecule has 0 amide bonds. The molecular weight excluding hydrogens is 270 g/mol. The van der Waals surface area contributed by atoms with Crippen molar-refractivity contribution in [3.63, 3.8) is 0 Å². The van der Waals surface area contributed by atoms with Crippen LogP contribution in [-0.2, 0) is 0 Å². The maximum atomic E-state index is 6.37. The van der Waals surface area contributed by atoms with Gasteiger partial charge in [0.25, 0.3) is 0 Å². The fourth-order valence-corrected chi connectivity index (χ4v) is 2.27. The van der Waals surface area contributed by atoms with E-state index in [0.717, 1.165) is 27.5 Å². The highest BCUT2D eigenvalue weighted by molar-refractivity contribution is 6.31. The molecule has 2 aromatic carbocycles. The Morgan fingerprint density at radius 2 is 1.80 bits per heavy atom. The third-order valence-electron chi connectivity index (χ3n) is 3.17. The first-order chi connectivity index (χ1) is 9.49. The molecule has 0 radical (unpaired) electrons. The monoisotopic (exact) mass is 289 g/mol. The summed E-state index contributed by atoms with van der Waals surface area (Å²) in [5.74, 6) is 0.826. The second-order valence-electron chi connectivity index (χ2n) is 5.19. The third kappa shape index (κ3) is 3.33. The molecule has 0 aliphatic heterocycles. The molecule has 3 heteroatoms. The summed E-state index contributed by atoms with van der Waals surface area (Å²) < 4.78 is 5.83. The molecule has 2 N–H and O–H groups in total. The fraction of sp³-hybridized carbons (Fsp3) is 0.294. The molecule has 0 fully saturated rings. The van der Waals surface area contributed by atoms with E-state index in [1.807, 2.05) is 63.2 Å². The summed E-state index contributed by atoms with van der Waals surface area (Å²) in [5.41, 5.74) is 9.38. The normalized spacial score (nSPS) is 12.5. The topological polar surface area (TPSA) is 35.2 Å². The highest BCUT2D eigenvalue weighted by atomic mass is 35.5. The minimum absolute atomic E-state index is 0.116. The SMILES string of the molecule is Cc1ccc(C(N)c2ccccc2OC(C)C)cc1Cl. The lowest BCUT2D eigenvalue weighted by Gasteiger charge is -2.19. The summed E-state index contributed by atoms with van der Waals surface area (Å²) in [6.07, 6.45) is 0.116. The fourth-order valence-electron chi connectivity index (χ4n) is 2.08. The average Bonchev–Trinajstić information content (AvgIpc) is 2.41. The van der Waals surface area contributed by atoms with Gasteiger partial charge in [-0.25, -0.2) is 0 Å². The highest BCUT2D eigenvalue weighted by Gasteiger charge is 2.15. The van der Waals surface area contributed by atoms with Gasteiger partial charge in [-0.05, 0) is 44.0 Å². The Bertz CT molecular complexity index is 595. The van der Waals surface area contributed by atoms with Gasteiger partial charge >= 0.3 is 0 Å². The second kappa shape index (κ2) is 6.29. The first kappa shape index (κ1) is 14.9. The Morgan fingerprint density at radius 1 is 1.10 bits per heavy atom. The van der Waals surface area contributed by atoms with E-state index in [1.54, 1.807) is 0 Å². The van der Waals surface area contributed by atoms with Gasteiger partial charge in [0, 0.05) is 10.6 Å². The predicted molar refractivity (Wildman–Crippen MR) is 84.4 cm³/mol. The van der Waals surface area contributed by atoms with Crippen LogP contribution in [0, 0.1) is 6.92 Å². The lowest BCUT2D eigenvalue weighted by Crippen LogP contribution is -2.15. The van der Waals surface area contributed by atoms with E-state index < -0.39 is 0 Å². The number of ether oxygens (including phenoxy) is 1. The van der Waals surface area contributed by atoms with Crippen molar-refractivity contribution in [2.45, 2.75) is 32.9 Å². The highest BCUT2D eigenvalue weighted by Crippen LogP contribution is 2.30. The van der Waals surface area contributed by atoms with E-state index in [9.17, 15) is 0 Å². The van der Waals surface area contributed by atoms with Crippen molar-refractivity contribution >= 4 is 11.6 Å². The van der Waals surface area contributed by atoms with Crippen molar-refractivity contribution < 1.29 is 4.74 Å². The summed E-state index contributed by atoms with van der Waals surface area (Å²) in [7, 11) is 0. The first-order valence-electron chi connectivity index (χ1n) is 6.76. The van der Waals surface area contributed by atoms with Crippen LogP contribution in [0.5, 0.6) is 5.75 Å². The van der Waals surface area contributed by atoms with Crippen LogP contribution >= 0.6 is 11.6 Å². The Balaban J connectivity index is 2.37. The number of para-hydroxylation sites is 1. The van der Waals surface area contributed by atoms with Crippen molar-refractivity contribution in [3.05, 3.63) is 64.2 Å². The van der Waals surface area contributed by atoms with Crippen LogP contribution in [0.1, 0.15) is 36.6 Å². The third-order valence-corrected chi connectivity index (χ3v) is 3.58. The van der Waals surface area contributed by atoms with Gasteiger partial charge in [0.05, 0.1) is 12.1 Å². The van der Waals surface area contributed by atoms with Gasteiger partial charge in [-0.2, -0.15) is 0 Å². The van der Waals surface area contributed by atoms with Crippen LogP contribution in [0.3, 0.4) is 0 Å². The van der Waals surface area contributed by atoms with E-state index in [4.69, 9.17) is 22.1 Å². The summed E-state index contributed by atoms with van der Waals surface area (Å²) in [6, 6.07) is 13.5. The van der Waals surface area contributed by atoms with E-state index in [-0.39, 0.29) is 12.1 Å². The molecular formula is C17H20ClNO. The van der Waals surface area contributed by atoms with Crippen LogP contribution < -0.4 is 10.5 Å². The molecule has 0 saturated carbocycles. The van der Waals surface area contributed by atoms with Gasteiger partial charge in [-0.15, -0.1) is 0 Å². The number of nitrogens with two attached hydrogens (primary N) is 1. The van der Waals surface area contributed by atoms with Gasteiger partial charge in [-0.3, -0.25) is 0 Å². The predicted octanol–water partition coefficient (Wildman–Crippen LogP) is 4.48. The Kier molecular flexibility index (Phi) is 4.69. The number of hydrogen-bond donors (Lipinski definition) is 1. The molecule has 0 aliphatic rings. The van der Waals surface area contributed by atoms with Crippen molar-refractivity contribution in [2.24, 2.45) is 5.73 Å². The maximum Gasteiger partial charge on any atom is 0.124 e. The van der Waals surface area contributed by atoms with E-state index in [1.165, 1.54) is 0 Å². The molecule has 2 rings (SSSR count). The number of aryl methyl sites for hydroxylation is 1. The van der Waals surface area contributed by atoms with Gasteiger partial charge in [0.2, 0.25) is 0 Å². The van der Waals surface area contributed by atoms with Crippen molar-refractivity contribution in [3.8, 4) is 5.75 Å². The molecule has 2 aromatic rings.